The van der Waals surface area contributed by atoms with E-state index in [1.165, 1.54) is 4.90 Å². The number of aryl methyl sites for hydroxylation is 1. The van der Waals surface area contributed by atoms with Gasteiger partial charge in [0.25, 0.3) is 0 Å². The molecular formula is C27H36ClN3O5S. The molecule has 0 saturated heterocycles. The van der Waals surface area contributed by atoms with E-state index in [0.717, 1.165) is 41.8 Å². The SMILES string of the molecule is CC[C@@H](C(=O)NC1CCCC1)N(Cc1cccc(OC)c1)C(=O)CN(c1ccc(Cl)cc1C)S(C)(=O)=O. The van der Waals surface area contributed by atoms with Crippen molar-refractivity contribution in [3.8, 4) is 5.75 Å². The van der Waals surface area contributed by atoms with Crippen molar-refractivity contribution >= 4 is 39.1 Å². The summed E-state index contributed by atoms with van der Waals surface area (Å²) < 4.78 is 32.0. The monoisotopic (exact) mass is 549 g/mol. The second-order valence-electron chi connectivity index (χ2n) is 9.49. The zero-order valence-corrected chi connectivity index (χ0v) is 23.4. The summed E-state index contributed by atoms with van der Waals surface area (Å²) in [6.45, 7) is 3.27. The van der Waals surface area contributed by atoms with Crippen LogP contribution >= 0.6 is 11.6 Å². The number of amides is 2. The lowest BCUT2D eigenvalue weighted by molar-refractivity contribution is -0.140. The molecule has 0 spiro atoms. The van der Waals surface area contributed by atoms with Crippen LogP contribution in [0, 0.1) is 6.92 Å². The van der Waals surface area contributed by atoms with E-state index in [1.54, 1.807) is 44.4 Å². The third-order valence-electron chi connectivity index (χ3n) is 6.68. The number of halogens is 1. The van der Waals surface area contributed by atoms with Gasteiger partial charge < -0.3 is 15.0 Å². The number of methoxy groups -OCH3 is 1. The fourth-order valence-electron chi connectivity index (χ4n) is 4.75. The van der Waals surface area contributed by atoms with Crippen molar-refractivity contribution in [1.29, 1.82) is 0 Å². The normalized spacial score (nSPS) is 14.7. The van der Waals surface area contributed by atoms with Gasteiger partial charge in [0.15, 0.2) is 0 Å². The predicted molar refractivity (Wildman–Crippen MR) is 146 cm³/mol. The molecule has 8 nitrogen and oxygen atoms in total. The number of hydrogen-bond acceptors (Lipinski definition) is 5. The second-order valence-corrected chi connectivity index (χ2v) is 11.8. The molecule has 0 heterocycles. The van der Waals surface area contributed by atoms with E-state index >= 15 is 0 Å². The number of nitrogens with one attached hydrogen (secondary N) is 1. The Morgan fingerprint density at radius 2 is 1.86 bits per heavy atom. The van der Waals surface area contributed by atoms with Crippen LogP contribution in [0.5, 0.6) is 5.75 Å². The molecule has 2 aromatic carbocycles. The lowest BCUT2D eigenvalue weighted by Crippen LogP contribution is -2.53. The number of sulfonamides is 1. The highest BCUT2D eigenvalue weighted by Gasteiger charge is 2.33. The van der Waals surface area contributed by atoms with Gasteiger partial charge in [-0.2, -0.15) is 0 Å². The first-order chi connectivity index (χ1) is 17.5. The van der Waals surface area contributed by atoms with E-state index in [-0.39, 0.29) is 18.5 Å². The maximum Gasteiger partial charge on any atom is 0.244 e. The molecule has 10 heteroatoms. The summed E-state index contributed by atoms with van der Waals surface area (Å²) in [6.07, 6.45) is 5.42. The lowest BCUT2D eigenvalue weighted by Gasteiger charge is -2.33. The molecule has 1 N–H and O–H groups in total. The molecule has 0 radical (unpaired) electrons. The van der Waals surface area contributed by atoms with Gasteiger partial charge in [-0.25, -0.2) is 8.42 Å². The van der Waals surface area contributed by atoms with E-state index < -0.39 is 28.5 Å². The highest BCUT2D eigenvalue weighted by atomic mass is 35.5. The van der Waals surface area contributed by atoms with Crippen molar-refractivity contribution in [2.24, 2.45) is 0 Å². The zero-order chi connectivity index (χ0) is 27.2. The molecule has 1 atom stereocenters. The number of anilines is 1. The number of ether oxygens (including phenoxy) is 1. The van der Waals surface area contributed by atoms with Crippen molar-refractivity contribution in [3.63, 3.8) is 0 Å². The lowest BCUT2D eigenvalue weighted by atomic mass is 10.1. The average Bonchev–Trinajstić information content (AvgIpc) is 3.35. The molecule has 2 amide bonds. The van der Waals surface area contributed by atoms with Crippen molar-refractivity contribution < 1.29 is 22.7 Å². The first-order valence-corrected chi connectivity index (χ1v) is 14.7. The van der Waals surface area contributed by atoms with E-state index in [9.17, 15) is 18.0 Å². The van der Waals surface area contributed by atoms with Crippen LogP contribution in [-0.2, 0) is 26.2 Å². The van der Waals surface area contributed by atoms with Gasteiger partial charge in [0.1, 0.15) is 18.3 Å². The predicted octanol–water partition coefficient (Wildman–Crippen LogP) is 4.29. The van der Waals surface area contributed by atoms with Crippen LogP contribution in [0.1, 0.15) is 50.2 Å². The van der Waals surface area contributed by atoms with Crippen LogP contribution in [-0.4, -0.2) is 57.1 Å². The van der Waals surface area contributed by atoms with Crippen molar-refractivity contribution in [1.82, 2.24) is 10.2 Å². The van der Waals surface area contributed by atoms with Gasteiger partial charge in [0, 0.05) is 17.6 Å². The third kappa shape index (κ3) is 7.61. The minimum atomic E-state index is -3.81. The van der Waals surface area contributed by atoms with Crippen molar-refractivity contribution in [3.05, 3.63) is 58.6 Å². The molecule has 202 valence electrons. The number of rotatable bonds is 11. The molecule has 0 unspecified atom stereocenters. The number of carbonyl (C=O) groups is 2. The van der Waals surface area contributed by atoms with Crippen LogP contribution in [0.15, 0.2) is 42.5 Å². The minimum absolute atomic E-state index is 0.0968. The standard InChI is InChI=1S/C27H36ClN3O5S/c1-5-24(27(33)29-22-10-6-7-11-22)30(17-20-9-8-12-23(16-20)36-3)26(32)18-31(37(4,34)35)25-14-13-21(28)15-19(25)2/h8-9,12-16,22,24H,5-7,10-11,17-18H2,1-4H3,(H,29,33)/t24-/m0/s1. The zero-order valence-electron chi connectivity index (χ0n) is 21.9. The van der Waals surface area contributed by atoms with E-state index in [4.69, 9.17) is 16.3 Å². The smallest absolute Gasteiger partial charge is 0.244 e. The van der Waals surface area contributed by atoms with E-state index in [0.29, 0.717) is 28.4 Å². The first kappa shape index (κ1) is 28.8. The van der Waals surface area contributed by atoms with Crippen LogP contribution < -0.4 is 14.4 Å². The average molecular weight is 550 g/mol. The van der Waals surface area contributed by atoms with Gasteiger partial charge in [-0.3, -0.25) is 13.9 Å². The van der Waals surface area contributed by atoms with Gasteiger partial charge in [-0.1, -0.05) is 43.5 Å². The number of benzene rings is 2. The summed E-state index contributed by atoms with van der Waals surface area (Å²) in [6, 6.07) is 11.4. The Bertz CT molecular complexity index is 1210. The van der Waals surface area contributed by atoms with E-state index in [1.807, 2.05) is 19.1 Å². The fourth-order valence-corrected chi connectivity index (χ4v) is 5.88. The molecule has 37 heavy (non-hydrogen) atoms. The topological polar surface area (TPSA) is 96.0 Å². The van der Waals surface area contributed by atoms with Gasteiger partial charge in [0.2, 0.25) is 21.8 Å². The Balaban J connectivity index is 1.95. The Morgan fingerprint density at radius 1 is 1.16 bits per heavy atom. The molecule has 3 rings (SSSR count). The van der Waals surface area contributed by atoms with Gasteiger partial charge >= 0.3 is 0 Å². The molecule has 1 aliphatic carbocycles. The molecule has 1 saturated carbocycles. The van der Waals surface area contributed by atoms with Crippen molar-refractivity contribution in [2.75, 3.05) is 24.2 Å². The largest absolute Gasteiger partial charge is 0.497 e. The Morgan fingerprint density at radius 3 is 2.46 bits per heavy atom. The highest BCUT2D eigenvalue weighted by Crippen LogP contribution is 2.27. The number of nitrogens with zero attached hydrogens (tertiary/aromatic N) is 2. The molecule has 0 bridgehead atoms. The van der Waals surface area contributed by atoms with Gasteiger partial charge in [-0.15, -0.1) is 0 Å². The third-order valence-corrected chi connectivity index (χ3v) is 8.04. The van der Waals surface area contributed by atoms with Gasteiger partial charge in [-0.05, 0) is 67.6 Å². The molecule has 0 aliphatic heterocycles. The molecular weight excluding hydrogens is 514 g/mol. The minimum Gasteiger partial charge on any atom is -0.497 e. The molecule has 1 aliphatic rings. The Labute approximate surface area is 225 Å². The summed E-state index contributed by atoms with van der Waals surface area (Å²) in [4.78, 5) is 28.7. The Hall–Kier alpha value is -2.78. The van der Waals surface area contributed by atoms with Crippen LogP contribution in [0.4, 0.5) is 5.69 Å². The van der Waals surface area contributed by atoms with Crippen LogP contribution in [0.25, 0.3) is 0 Å². The fraction of sp³-hybridized carbons (Fsp3) is 0.481. The summed E-state index contributed by atoms with van der Waals surface area (Å²) in [5.74, 6) is -0.0712. The molecule has 1 fully saturated rings. The molecule has 2 aromatic rings. The maximum absolute atomic E-state index is 13.8. The quantitative estimate of drug-likeness (QED) is 0.451. The van der Waals surface area contributed by atoms with Crippen LogP contribution in [0.2, 0.25) is 5.02 Å². The summed E-state index contributed by atoms with van der Waals surface area (Å²) >= 11 is 6.07. The maximum atomic E-state index is 13.8. The van der Waals surface area contributed by atoms with E-state index in [2.05, 4.69) is 5.32 Å². The summed E-state index contributed by atoms with van der Waals surface area (Å²) in [5, 5.41) is 3.57. The number of carbonyl (C=O) groups excluding carboxylic acids is 2. The van der Waals surface area contributed by atoms with Crippen LogP contribution in [0.3, 0.4) is 0 Å². The Kier molecular flexibility index (Phi) is 9.84. The van der Waals surface area contributed by atoms with Gasteiger partial charge in [0.05, 0.1) is 19.1 Å². The first-order valence-electron chi connectivity index (χ1n) is 12.5. The number of hydrogen-bond donors (Lipinski definition) is 1. The second kappa shape index (κ2) is 12.6. The summed E-state index contributed by atoms with van der Waals surface area (Å²) in [7, 11) is -2.25. The molecule has 0 aromatic heterocycles. The van der Waals surface area contributed by atoms with Crippen molar-refractivity contribution in [2.45, 2.75) is 64.6 Å². The highest BCUT2D eigenvalue weighted by molar-refractivity contribution is 7.92. The summed E-state index contributed by atoms with van der Waals surface area (Å²) in [5.41, 5.74) is 1.76.